The summed E-state index contributed by atoms with van der Waals surface area (Å²) in [4.78, 5) is 26.7. The van der Waals surface area contributed by atoms with E-state index in [9.17, 15) is 19.1 Å². The smallest absolute Gasteiger partial charge is 0.295 e. The summed E-state index contributed by atoms with van der Waals surface area (Å²) < 4.78 is 14.5. The van der Waals surface area contributed by atoms with Crippen molar-refractivity contribution in [2.75, 3.05) is 6.54 Å². The molecule has 27 heavy (non-hydrogen) atoms. The van der Waals surface area contributed by atoms with E-state index < -0.39 is 23.5 Å². The number of halogens is 1. The number of hydrogen-bond acceptors (Lipinski definition) is 3. The Hall–Kier alpha value is -2.95. The van der Waals surface area contributed by atoms with Gasteiger partial charge in [-0.25, -0.2) is 4.39 Å². The van der Waals surface area contributed by atoms with Crippen molar-refractivity contribution in [1.29, 1.82) is 0 Å². The number of hydrogen-bond donors (Lipinski definition) is 1. The highest BCUT2D eigenvalue weighted by Crippen LogP contribution is 2.40. The zero-order valence-electron chi connectivity index (χ0n) is 15.6. The number of carbonyl (C=O) groups is 2. The topological polar surface area (TPSA) is 57.6 Å². The van der Waals surface area contributed by atoms with Gasteiger partial charge in [0.2, 0.25) is 0 Å². The van der Waals surface area contributed by atoms with Crippen molar-refractivity contribution in [3.8, 4) is 0 Å². The molecule has 5 heteroatoms. The number of aryl methyl sites for hydroxylation is 1. The second kappa shape index (κ2) is 7.35. The maximum atomic E-state index is 14.5. The van der Waals surface area contributed by atoms with Crippen LogP contribution in [0.3, 0.4) is 0 Å². The third-order valence-electron chi connectivity index (χ3n) is 4.63. The number of amides is 1. The van der Waals surface area contributed by atoms with Gasteiger partial charge in [0, 0.05) is 17.7 Å². The van der Waals surface area contributed by atoms with Crippen LogP contribution in [0.4, 0.5) is 4.39 Å². The van der Waals surface area contributed by atoms with Gasteiger partial charge in [-0.15, -0.1) is 0 Å². The van der Waals surface area contributed by atoms with E-state index in [1.165, 1.54) is 11.0 Å². The molecule has 0 unspecified atom stereocenters. The molecule has 0 spiro atoms. The highest BCUT2D eigenvalue weighted by molar-refractivity contribution is 6.46. The molecule has 2 aromatic carbocycles. The van der Waals surface area contributed by atoms with Crippen molar-refractivity contribution in [3.63, 3.8) is 0 Å². The molecule has 1 fully saturated rings. The van der Waals surface area contributed by atoms with Crippen molar-refractivity contribution >= 4 is 17.4 Å². The summed E-state index contributed by atoms with van der Waals surface area (Å²) in [6.07, 6.45) is 0. The summed E-state index contributed by atoms with van der Waals surface area (Å²) in [6, 6.07) is 12.0. The van der Waals surface area contributed by atoms with Crippen molar-refractivity contribution in [3.05, 3.63) is 76.6 Å². The van der Waals surface area contributed by atoms with E-state index in [0.29, 0.717) is 5.56 Å². The first kappa shape index (κ1) is 18.8. The van der Waals surface area contributed by atoms with Crippen molar-refractivity contribution in [2.45, 2.75) is 26.8 Å². The minimum atomic E-state index is -0.949. The first-order valence-corrected chi connectivity index (χ1v) is 8.91. The Labute approximate surface area is 157 Å². The van der Waals surface area contributed by atoms with Gasteiger partial charge in [-0.2, -0.15) is 0 Å². The predicted molar refractivity (Wildman–Crippen MR) is 101 cm³/mol. The number of likely N-dealkylation sites (tertiary alicyclic amines) is 1. The van der Waals surface area contributed by atoms with Gasteiger partial charge in [-0.3, -0.25) is 9.59 Å². The Morgan fingerprint density at radius 3 is 2.33 bits per heavy atom. The predicted octanol–water partition coefficient (Wildman–Crippen LogP) is 4.21. The first-order chi connectivity index (χ1) is 12.8. The lowest BCUT2D eigenvalue weighted by molar-refractivity contribution is -0.140. The summed E-state index contributed by atoms with van der Waals surface area (Å²) in [5.41, 5.74) is 1.54. The number of benzene rings is 2. The molecular weight excluding hydrogens is 345 g/mol. The molecule has 2 aromatic rings. The molecule has 1 aliphatic heterocycles. The fraction of sp³-hybridized carbons (Fsp3) is 0.273. The lowest BCUT2D eigenvalue weighted by Gasteiger charge is -2.27. The maximum Gasteiger partial charge on any atom is 0.295 e. The molecule has 4 nitrogen and oxygen atoms in total. The van der Waals surface area contributed by atoms with Gasteiger partial charge in [0.15, 0.2) is 0 Å². The Morgan fingerprint density at radius 1 is 1.11 bits per heavy atom. The van der Waals surface area contributed by atoms with Gasteiger partial charge in [-0.1, -0.05) is 61.9 Å². The standard InChI is InChI=1S/C22H22FNO3/c1-13(2)12-24-19(16-6-4-5-7-17(16)23)18(21(26)22(24)27)20(25)15-10-8-14(3)9-11-15/h4-11,13,19,25H,12H2,1-3H3/t19-/m1/s1. The lowest BCUT2D eigenvalue weighted by Crippen LogP contribution is -2.33. The van der Waals surface area contributed by atoms with Gasteiger partial charge >= 0.3 is 0 Å². The zero-order chi connectivity index (χ0) is 19.7. The molecule has 1 atom stereocenters. The molecule has 0 saturated carbocycles. The average Bonchev–Trinajstić information content (AvgIpc) is 2.86. The maximum absolute atomic E-state index is 14.5. The average molecular weight is 367 g/mol. The van der Waals surface area contributed by atoms with Gasteiger partial charge in [0.1, 0.15) is 11.6 Å². The van der Waals surface area contributed by atoms with Gasteiger partial charge in [0.05, 0.1) is 11.6 Å². The van der Waals surface area contributed by atoms with E-state index in [4.69, 9.17) is 0 Å². The van der Waals surface area contributed by atoms with Crippen LogP contribution in [0.5, 0.6) is 0 Å². The summed E-state index contributed by atoms with van der Waals surface area (Å²) in [5, 5.41) is 10.8. The molecule has 1 N–H and O–H groups in total. The minimum Gasteiger partial charge on any atom is -0.507 e. The summed E-state index contributed by atoms with van der Waals surface area (Å²) in [6.45, 7) is 6.02. The van der Waals surface area contributed by atoms with Crippen molar-refractivity contribution in [2.24, 2.45) is 5.92 Å². The van der Waals surface area contributed by atoms with E-state index in [2.05, 4.69) is 0 Å². The molecule has 3 rings (SSSR count). The van der Waals surface area contributed by atoms with Crippen LogP contribution >= 0.6 is 0 Å². The quantitative estimate of drug-likeness (QED) is 0.500. The molecule has 1 saturated heterocycles. The van der Waals surface area contributed by atoms with E-state index >= 15 is 0 Å². The monoisotopic (exact) mass is 367 g/mol. The molecule has 1 aliphatic rings. The highest BCUT2D eigenvalue weighted by Gasteiger charge is 2.46. The SMILES string of the molecule is Cc1ccc(C(O)=C2C(=O)C(=O)N(CC(C)C)[C@@H]2c2ccccc2F)cc1. The van der Waals surface area contributed by atoms with Gasteiger partial charge in [0.25, 0.3) is 11.7 Å². The van der Waals surface area contributed by atoms with Crippen molar-refractivity contribution < 1.29 is 19.1 Å². The van der Waals surface area contributed by atoms with Gasteiger partial charge < -0.3 is 10.0 Å². The fourth-order valence-electron chi connectivity index (χ4n) is 3.35. The molecule has 0 aliphatic carbocycles. The van der Waals surface area contributed by atoms with E-state index in [1.807, 2.05) is 20.8 Å². The van der Waals surface area contributed by atoms with Crippen LogP contribution in [-0.4, -0.2) is 28.2 Å². The van der Waals surface area contributed by atoms with Gasteiger partial charge in [-0.05, 0) is 18.9 Å². The molecular formula is C22H22FNO3. The lowest BCUT2D eigenvalue weighted by atomic mass is 9.94. The number of carbonyl (C=O) groups excluding carboxylic acids is 2. The Kier molecular flexibility index (Phi) is 5.13. The highest BCUT2D eigenvalue weighted by atomic mass is 19.1. The number of ketones is 1. The van der Waals surface area contributed by atoms with Crippen LogP contribution < -0.4 is 0 Å². The number of aliphatic hydroxyl groups is 1. The molecule has 0 bridgehead atoms. The Balaban J connectivity index is 2.21. The van der Waals surface area contributed by atoms with Crippen LogP contribution in [0.1, 0.15) is 36.6 Å². The molecule has 140 valence electrons. The normalized spacial score (nSPS) is 19.1. The first-order valence-electron chi connectivity index (χ1n) is 8.91. The Bertz CT molecular complexity index is 915. The van der Waals surface area contributed by atoms with E-state index in [0.717, 1.165) is 5.56 Å². The number of aliphatic hydroxyl groups excluding tert-OH is 1. The second-order valence-electron chi connectivity index (χ2n) is 7.23. The summed E-state index contributed by atoms with van der Waals surface area (Å²) in [5.74, 6) is -2.23. The molecule has 1 heterocycles. The third-order valence-corrected chi connectivity index (χ3v) is 4.63. The van der Waals surface area contributed by atoms with Crippen LogP contribution in [0, 0.1) is 18.7 Å². The number of rotatable bonds is 4. The van der Waals surface area contributed by atoms with Crippen molar-refractivity contribution in [1.82, 2.24) is 4.90 Å². The largest absolute Gasteiger partial charge is 0.507 e. The van der Waals surface area contributed by atoms with Crippen LogP contribution in [0.25, 0.3) is 5.76 Å². The fourth-order valence-corrected chi connectivity index (χ4v) is 3.35. The summed E-state index contributed by atoms with van der Waals surface area (Å²) in [7, 11) is 0. The minimum absolute atomic E-state index is 0.0744. The third kappa shape index (κ3) is 3.50. The molecule has 1 amide bonds. The molecule has 0 aromatic heterocycles. The van der Waals surface area contributed by atoms with Crippen LogP contribution in [0.15, 0.2) is 54.1 Å². The molecule has 0 radical (unpaired) electrons. The Morgan fingerprint density at radius 2 is 1.74 bits per heavy atom. The van der Waals surface area contributed by atoms with E-state index in [-0.39, 0.29) is 29.4 Å². The van der Waals surface area contributed by atoms with Crippen LogP contribution in [0.2, 0.25) is 0 Å². The zero-order valence-corrected chi connectivity index (χ0v) is 15.6. The summed E-state index contributed by atoms with van der Waals surface area (Å²) >= 11 is 0. The van der Waals surface area contributed by atoms with Crippen LogP contribution in [-0.2, 0) is 9.59 Å². The number of Topliss-reactive ketones (excluding diaryl/α,β-unsaturated/α-hetero) is 1. The second-order valence-corrected chi connectivity index (χ2v) is 7.23. The number of nitrogens with zero attached hydrogens (tertiary/aromatic N) is 1. The van der Waals surface area contributed by atoms with E-state index in [1.54, 1.807) is 42.5 Å².